The van der Waals surface area contributed by atoms with Gasteiger partial charge in [0.15, 0.2) is 0 Å². The molecule has 0 aromatic carbocycles. The summed E-state index contributed by atoms with van der Waals surface area (Å²) >= 11 is 1.78. The molecule has 0 radical (unpaired) electrons. The Morgan fingerprint density at radius 1 is 1.38 bits per heavy atom. The fourth-order valence-corrected chi connectivity index (χ4v) is 3.84. The maximum atomic E-state index is 6.05. The molecular weight excluding hydrogens is 218 g/mol. The summed E-state index contributed by atoms with van der Waals surface area (Å²) in [5.41, 5.74) is 8.60. The second-order valence-electron chi connectivity index (χ2n) is 4.78. The number of thiophene rings is 1. The first-order chi connectivity index (χ1) is 7.86. The number of hydrogen-bond donors (Lipinski definition) is 2. The summed E-state index contributed by atoms with van der Waals surface area (Å²) in [4.78, 5) is 0. The minimum absolute atomic E-state index is 0.165. The monoisotopic (exact) mass is 235 g/mol. The van der Waals surface area contributed by atoms with Gasteiger partial charge in [-0.2, -0.15) is 5.10 Å². The molecule has 3 nitrogen and oxygen atoms in total. The molecule has 0 amide bonds. The number of rotatable bonds is 2. The third-order valence-electron chi connectivity index (χ3n) is 3.89. The van der Waals surface area contributed by atoms with Gasteiger partial charge < -0.3 is 5.73 Å². The molecule has 0 saturated heterocycles. The van der Waals surface area contributed by atoms with Crippen molar-refractivity contribution in [2.45, 2.75) is 37.5 Å². The molecule has 1 aliphatic rings. The summed E-state index contributed by atoms with van der Waals surface area (Å²) < 4.78 is 1.31. The average molecular weight is 235 g/mol. The summed E-state index contributed by atoms with van der Waals surface area (Å²) in [5, 5.41) is 9.73. The lowest BCUT2D eigenvalue weighted by Crippen LogP contribution is -2.37. The third-order valence-corrected chi connectivity index (χ3v) is 4.81. The van der Waals surface area contributed by atoms with Crippen LogP contribution in [0.3, 0.4) is 0 Å². The Bertz CT molecular complexity index is 479. The van der Waals surface area contributed by atoms with Crippen molar-refractivity contribution in [1.29, 1.82) is 0 Å². The van der Waals surface area contributed by atoms with Crippen LogP contribution in [0.15, 0.2) is 11.4 Å². The molecule has 2 aromatic heterocycles. The Morgan fingerprint density at radius 3 is 2.94 bits per heavy atom. The van der Waals surface area contributed by atoms with Crippen LogP contribution in [-0.4, -0.2) is 16.7 Å². The average Bonchev–Trinajstić information content (AvgIpc) is 2.91. The number of nitrogens with one attached hydrogen (secondary N) is 1. The maximum absolute atomic E-state index is 6.05. The van der Waals surface area contributed by atoms with Gasteiger partial charge in [0, 0.05) is 12.0 Å². The maximum Gasteiger partial charge on any atom is 0.103 e. The van der Waals surface area contributed by atoms with Crippen LogP contribution in [-0.2, 0) is 5.41 Å². The molecule has 16 heavy (non-hydrogen) atoms. The van der Waals surface area contributed by atoms with E-state index < -0.39 is 0 Å². The summed E-state index contributed by atoms with van der Waals surface area (Å²) in [6.07, 6.45) is 6.35. The predicted octanol–water partition coefficient (Wildman–Crippen LogP) is 2.79. The first kappa shape index (κ1) is 10.3. The first-order valence-electron chi connectivity index (χ1n) is 5.98. The number of fused-ring (bicyclic) bond motifs is 1. The second-order valence-corrected chi connectivity index (χ2v) is 5.69. The van der Waals surface area contributed by atoms with E-state index in [1.807, 2.05) is 0 Å². The molecular formula is C12H17N3S. The summed E-state index contributed by atoms with van der Waals surface area (Å²) in [5.74, 6) is 0. The second kappa shape index (κ2) is 3.86. The number of nitrogens with zero attached hydrogens (tertiary/aromatic N) is 1. The third kappa shape index (κ3) is 1.40. The van der Waals surface area contributed by atoms with E-state index >= 15 is 0 Å². The van der Waals surface area contributed by atoms with Crippen LogP contribution in [0.2, 0.25) is 0 Å². The Kier molecular flexibility index (Phi) is 2.48. The van der Waals surface area contributed by atoms with Crippen LogP contribution in [0.1, 0.15) is 37.8 Å². The molecule has 2 heterocycles. The van der Waals surface area contributed by atoms with Gasteiger partial charge in [-0.1, -0.05) is 19.3 Å². The van der Waals surface area contributed by atoms with Crippen LogP contribution >= 0.6 is 11.3 Å². The molecule has 4 heteroatoms. The number of aromatic nitrogens is 2. The van der Waals surface area contributed by atoms with Crippen molar-refractivity contribution in [1.82, 2.24) is 10.2 Å². The number of hydrogen-bond acceptors (Lipinski definition) is 3. The van der Waals surface area contributed by atoms with E-state index in [4.69, 9.17) is 5.73 Å². The van der Waals surface area contributed by atoms with Gasteiger partial charge in [0.1, 0.15) is 5.52 Å². The Hall–Kier alpha value is -0.870. The van der Waals surface area contributed by atoms with Crippen molar-refractivity contribution in [3.05, 3.63) is 17.1 Å². The van der Waals surface area contributed by atoms with Gasteiger partial charge in [0.2, 0.25) is 0 Å². The normalized spacial score (nSPS) is 20.3. The van der Waals surface area contributed by atoms with Gasteiger partial charge in [-0.15, -0.1) is 11.3 Å². The van der Waals surface area contributed by atoms with Crippen LogP contribution in [0.4, 0.5) is 0 Å². The standard InChI is InChI=1S/C12H17N3S/c13-8-12(5-2-1-3-6-12)11-10-9(14-15-11)4-7-16-10/h4,7H,1-3,5-6,8,13H2,(H,14,15). The lowest BCUT2D eigenvalue weighted by atomic mass is 9.72. The molecule has 2 aromatic rings. The summed E-state index contributed by atoms with van der Waals surface area (Å²) in [6.45, 7) is 0.738. The zero-order valence-electron chi connectivity index (χ0n) is 9.33. The lowest BCUT2D eigenvalue weighted by molar-refractivity contribution is 0.295. The molecule has 1 saturated carbocycles. The van der Waals surface area contributed by atoms with Crippen LogP contribution in [0, 0.1) is 0 Å². The largest absolute Gasteiger partial charge is 0.330 e. The zero-order chi connectivity index (χ0) is 11.0. The Labute approximate surface area is 99.0 Å². The molecule has 1 fully saturated rings. The minimum Gasteiger partial charge on any atom is -0.330 e. The molecule has 0 spiro atoms. The topological polar surface area (TPSA) is 54.7 Å². The molecule has 0 aliphatic heterocycles. The fourth-order valence-electron chi connectivity index (χ4n) is 2.89. The minimum atomic E-state index is 0.165. The highest BCUT2D eigenvalue weighted by molar-refractivity contribution is 7.17. The molecule has 3 rings (SSSR count). The van der Waals surface area contributed by atoms with E-state index in [1.54, 1.807) is 11.3 Å². The first-order valence-corrected chi connectivity index (χ1v) is 6.86. The molecule has 3 N–H and O–H groups in total. The smallest absolute Gasteiger partial charge is 0.103 e. The van der Waals surface area contributed by atoms with Gasteiger partial charge in [-0.25, -0.2) is 0 Å². The van der Waals surface area contributed by atoms with E-state index in [-0.39, 0.29) is 5.41 Å². The van der Waals surface area contributed by atoms with Gasteiger partial charge in [-0.05, 0) is 24.3 Å². The summed E-state index contributed by atoms with van der Waals surface area (Å²) in [7, 11) is 0. The number of nitrogens with two attached hydrogens (primary N) is 1. The van der Waals surface area contributed by atoms with Crippen molar-refractivity contribution in [2.24, 2.45) is 5.73 Å². The quantitative estimate of drug-likeness (QED) is 0.841. The van der Waals surface area contributed by atoms with E-state index in [0.717, 1.165) is 12.1 Å². The highest BCUT2D eigenvalue weighted by Gasteiger charge is 2.35. The fraction of sp³-hybridized carbons (Fsp3) is 0.583. The molecule has 1 aliphatic carbocycles. The van der Waals surface area contributed by atoms with Crippen molar-refractivity contribution in [3.63, 3.8) is 0 Å². The SMILES string of the molecule is NCC1(c2[nH]nc3ccsc23)CCCCC1. The summed E-state index contributed by atoms with van der Waals surface area (Å²) in [6, 6.07) is 2.08. The van der Waals surface area contributed by atoms with Crippen LogP contribution < -0.4 is 5.73 Å². The van der Waals surface area contributed by atoms with Crippen molar-refractivity contribution in [3.8, 4) is 0 Å². The van der Waals surface area contributed by atoms with Gasteiger partial charge in [-0.3, -0.25) is 5.10 Å². The highest BCUT2D eigenvalue weighted by Crippen LogP contribution is 2.41. The highest BCUT2D eigenvalue weighted by atomic mass is 32.1. The lowest BCUT2D eigenvalue weighted by Gasteiger charge is -2.35. The van der Waals surface area contributed by atoms with E-state index in [1.165, 1.54) is 42.5 Å². The molecule has 0 atom stereocenters. The van der Waals surface area contributed by atoms with Crippen molar-refractivity contribution in [2.75, 3.05) is 6.54 Å². The predicted molar refractivity (Wildman–Crippen MR) is 67.8 cm³/mol. The van der Waals surface area contributed by atoms with Gasteiger partial charge in [0.25, 0.3) is 0 Å². The van der Waals surface area contributed by atoms with Crippen molar-refractivity contribution < 1.29 is 0 Å². The van der Waals surface area contributed by atoms with Crippen LogP contribution in [0.25, 0.3) is 10.2 Å². The van der Waals surface area contributed by atoms with E-state index in [9.17, 15) is 0 Å². The molecule has 0 unspecified atom stereocenters. The van der Waals surface area contributed by atoms with E-state index in [2.05, 4.69) is 21.6 Å². The molecule has 0 bridgehead atoms. The Morgan fingerprint density at radius 2 is 2.19 bits per heavy atom. The Balaban J connectivity index is 2.09. The van der Waals surface area contributed by atoms with E-state index in [0.29, 0.717) is 0 Å². The number of H-pyrrole nitrogens is 1. The van der Waals surface area contributed by atoms with Crippen LogP contribution in [0.5, 0.6) is 0 Å². The zero-order valence-corrected chi connectivity index (χ0v) is 10.1. The van der Waals surface area contributed by atoms with Crippen molar-refractivity contribution >= 4 is 21.6 Å². The molecule has 86 valence electrons. The van der Waals surface area contributed by atoms with Gasteiger partial charge in [0.05, 0.1) is 10.4 Å². The van der Waals surface area contributed by atoms with Gasteiger partial charge >= 0.3 is 0 Å². The number of aromatic amines is 1.